The molecule has 1 aromatic rings. The fourth-order valence-electron chi connectivity index (χ4n) is 0.964. The van der Waals surface area contributed by atoms with E-state index in [1.54, 1.807) is 12.1 Å². The number of carbonyl (C=O) groups is 1. The number of hydrogen-bond donors (Lipinski definition) is 2. The van der Waals surface area contributed by atoms with Crippen molar-refractivity contribution in [3.05, 3.63) is 28.7 Å². The number of benzene rings is 1. The average molecular weight is 287 g/mol. The third-order valence-corrected chi connectivity index (χ3v) is 2.21. The maximum absolute atomic E-state index is 11.3. The van der Waals surface area contributed by atoms with E-state index in [4.69, 9.17) is 4.84 Å². The fraction of sp³-hybridized carbons (Fsp3) is 0.364. The van der Waals surface area contributed by atoms with E-state index in [2.05, 4.69) is 26.7 Å². The molecule has 0 aromatic heterocycles. The number of anilines is 1. The smallest absolute Gasteiger partial charge is 0.306 e. The summed E-state index contributed by atoms with van der Waals surface area (Å²) in [5, 5.41) is 2.65. The summed E-state index contributed by atoms with van der Waals surface area (Å²) in [5.74, 6) is 0.382. The Morgan fingerprint density at radius 2 is 2.00 bits per heavy atom. The van der Waals surface area contributed by atoms with Gasteiger partial charge in [0.05, 0.1) is 6.61 Å². The van der Waals surface area contributed by atoms with E-state index >= 15 is 0 Å². The van der Waals surface area contributed by atoms with Crippen molar-refractivity contribution in [1.29, 1.82) is 0 Å². The van der Waals surface area contributed by atoms with E-state index < -0.39 is 0 Å². The van der Waals surface area contributed by atoms with Gasteiger partial charge in [-0.25, -0.2) is 10.3 Å². The van der Waals surface area contributed by atoms with Crippen LogP contribution in [-0.2, 0) is 4.84 Å². The van der Waals surface area contributed by atoms with Gasteiger partial charge in [0.2, 0.25) is 0 Å². The lowest BCUT2D eigenvalue weighted by molar-refractivity contribution is 0.0482. The minimum atomic E-state index is -0.372. The first kappa shape index (κ1) is 13.0. The Morgan fingerprint density at radius 3 is 2.56 bits per heavy atom. The summed E-state index contributed by atoms with van der Waals surface area (Å²) in [6.45, 7) is 4.51. The van der Waals surface area contributed by atoms with E-state index in [0.29, 0.717) is 18.2 Å². The maximum Gasteiger partial charge on any atom is 0.343 e. The first-order chi connectivity index (χ1) is 7.58. The SMILES string of the molecule is CC(C)CONC(=O)Nc1ccc(Br)cc1. The molecule has 0 aliphatic carbocycles. The molecule has 5 heteroatoms. The standard InChI is InChI=1S/C11H15BrN2O2/c1-8(2)7-16-14-11(15)13-10-5-3-9(12)4-6-10/h3-6,8H,7H2,1-2H3,(H2,13,14,15). The molecule has 0 saturated carbocycles. The minimum Gasteiger partial charge on any atom is -0.306 e. The molecule has 1 aromatic carbocycles. The van der Waals surface area contributed by atoms with Gasteiger partial charge in [-0.15, -0.1) is 0 Å². The second-order valence-electron chi connectivity index (χ2n) is 3.77. The quantitative estimate of drug-likeness (QED) is 0.836. The number of amides is 2. The molecule has 16 heavy (non-hydrogen) atoms. The summed E-state index contributed by atoms with van der Waals surface area (Å²) in [5.41, 5.74) is 3.03. The number of urea groups is 1. The monoisotopic (exact) mass is 286 g/mol. The van der Waals surface area contributed by atoms with Crippen molar-refractivity contribution in [1.82, 2.24) is 5.48 Å². The van der Waals surface area contributed by atoms with Crippen molar-refractivity contribution in [3.63, 3.8) is 0 Å². The van der Waals surface area contributed by atoms with E-state index in [9.17, 15) is 4.79 Å². The zero-order chi connectivity index (χ0) is 12.0. The van der Waals surface area contributed by atoms with Gasteiger partial charge in [0.1, 0.15) is 0 Å². The van der Waals surface area contributed by atoms with Gasteiger partial charge in [-0.2, -0.15) is 0 Å². The highest BCUT2D eigenvalue weighted by atomic mass is 79.9. The third kappa shape index (κ3) is 5.14. The van der Waals surface area contributed by atoms with Crippen molar-refractivity contribution in [2.75, 3.05) is 11.9 Å². The van der Waals surface area contributed by atoms with Gasteiger partial charge in [-0.3, -0.25) is 4.84 Å². The first-order valence-corrected chi connectivity index (χ1v) is 5.81. The Kier molecular flexibility index (Phi) is 5.28. The van der Waals surface area contributed by atoms with E-state index in [1.807, 2.05) is 26.0 Å². The van der Waals surface area contributed by atoms with Gasteiger partial charge >= 0.3 is 6.03 Å². The summed E-state index contributed by atoms with van der Waals surface area (Å²) in [6.07, 6.45) is 0. The molecule has 4 nitrogen and oxygen atoms in total. The molecule has 2 N–H and O–H groups in total. The van der Waals surface area contributed by atoms with Crippen molar-refractivity contribution < 1.29 is 9.63 Å². The van der Waals surface area contributed by atoms with Gasteiger partial charge < -0.3 is 5.32 Å². The Morgan fingerprint density at radius 1 is 1.38 bits per heavy atom. The van der Waals surface area contributed by atoms with Crippen molar-refractivity contribution >= 4 is 27.6 Å². The molecular weight excluding hydrogens is 272 g/mol. The van der Waals surface area contributed by atoms with Crippen LogP contribution in [0.3, 0.4) is 0 Å². The summed E-state index contributed by atoms with van der Waals surface area (Å²) >= 11 is 3.32. The maximum atomic E-state index is 11.3. The molecule has 2 amide bonds. The fourth-order valence-corrected chi connectivity index (χ4v) is 1.23. The lowest BCUT2D eigenvalue weighted by Gasteiger charge is -2.09. The highest BCUT2D eigenvalue weighted by molar-refractivity contribution is 9.10. The van der Waals surface area contributed by atoms with Crippen LogP contribution in [0, 0.1) is 5.92 Å². The molecular formula is C11H15BrN2O2. The van der Waals surface area contributed by atoms with Crippen LogP contribution in [0.1, 0.15) is 13.8 Å². The van der Waals surface area contributed by atoms with Crippen LogP contribution in [0.15, 0.2) is 28.7 Å². The lowest BCUT2D eigenvalue weighted by atomic mass is 10.2. The number of hydrogen-bond acceptors (Lipinski definition) is 2. The Labute approximate surface area is 103 Å². The Bertz CT molecular complexity index is 338. The van der Waals surface area contributed by atoms with Crippen LogP contribution in [-0.4, -0.2) is 12.6 Å². The molecule has 0 aliphatic heterocycles. The molecule has 0 unspecified atom stereocenters. The number of hydroxylamine groups is 1. The van der Waals surface area contributed by atoms with Crippen LogP contribution in [0.25, 0.3) is 0 Å². The van der Waals surface area contributed by atoms with Gasteiger partial charge in [0.15, 0.2) is 0 Å². The van der Waals surface area contributed by atoms with Gasteiger partial charge in [0.25, 0.3) is 0 Å². The molecule has 0 radical (unpaired) electrons. The Hall–Kier alpha value is -1.07. The normalized spacial score (nSPS) is 10.2. The van der Waals surface area contributed by atoms with Gasteiger partial charge in [-0.05, 0) is 30.2 Å². The second-order valence-corrected chi connectivity index (χ2v) is 4.68. The predicted octanol–water partition coefficient (Wildman–Crippen LogP) is 3.16. The molecule has 0 atom stereocenters. The zero-order valence-electron chi connectivity index (χ0n) is 9.29. The minimum absolute atomic E-state index is 0.372. The van der Waals surface area contributed by atoms with Crippen LogP contribution >= 0.6 is 15.9 Å². The number of rotatable bonds is 4. The average Bonchev–Trinajstić information content (AvgIpc) is 2.21. The topological polar surface area (TPSA) is 50.4 Å². The molecule has 0 aliphatic rings. The highest BCUT2D eigenvalue weighted by Gasteiger charge is 2.01. The van der Waals surface area contributed by atoms with E-state index in [1.165, 1.54) is 0 Å². The summed E-state index contributed by atoms with van der Waals surface area (Å²) in [4.78, 5) is 16.3. The van der Waals surface area contributed by atoms with Crippen LogP contribution in [0.5, 0.6) is 0 Å². The van der Waals surface area contributed by atoms with Crippen molar-refractivity contribution in [2.45, 2.75) is 13.8 Å². The molecule has 1 rings (SSSR count). The van der Waals surface area contributed by atoms with Crippen LogP contribution in [0.2, 0.25) is 0 Å². The summed E-state index contributed by atoms with van der Waals surface area (Å²) in [6, 6.07) is 6.93. The largest absolute Gasteiger partial charge is 0.343 e. The molecule has 0 spiro atoms. The van der Waals surface area contributed by atoms with Crippen LogP contribution < -0.4 is 10.8 Å². The van der Waals surface area contributed by atoms with Gasteiger partial charge in [0, 0.05) is 10.2 Å². The van der Waals surface area contributed by atoms with E-state index in [0.717, 1.165) is 4.47 Å². The summed E-state index contributed by atoms with van der Waals surface area (Å²) < 4.78 is 0.967. The zero-order valence-corrected chi connectivity index (χ0v) is 10.9. The van der Waals surface area contributed by atoms with E-state index in [-0.39, 0.29) is 6.03 Å². The number of halogens is 1. The molecule has 0 fully saturated rings. The number of carbonyl (C=O) groups excluding carboxylic acids is 1. The highest BCUT2D eigenvalue weighted by Crippen LogP contribution is 2.13. The number of nitrogens with one attached hydrogen (secondary N) is 2. The first-order valence-electron chi connectivity index (χ1n) is 5.02. The lowest BCUT2D eigenvalue weighted by Crippen LogP contribution is -2.30. The molecule has 0 heterocycles. The summed E-state index contributed by atoms with van der Waals surface area (Å²) in [7, 11) is 0. The van der Waals surface area contributed by atoms with Crippen molar-refractivity contribution in [2.24, 2.45) is 5.92 Å². The second kappa shape index (κ2) is 6.50. The van der Waals surface area contributed by atoms with Crippen molar-refractivity contribution in [3.8, 4) is 0 Å². The van der Waals surface area contributed by atoms with Crippen LogP contribution in [0.4, 0.5) is 10.5 Å². The van der Waals surface area contributed by atoms with Gasteiger partial charge in [-0.1, -0.05) is 29.8 Å². The molecule has 0 bridgehead atoms. The molecule has 0 saturated heterocycles. The Balaban J connectivity index is 2.31. The predicted molar refractivity (Wildman–Crippen MR) is 67.1 cm³/mol. The third-order valence-electron chi connectivity index (χ3n) is 1.68. The molecule has 88 valence electrons.